The van der Waals surface area contributed by atoms with Crippen LogP contribution in [0, 0.1) is 12.1 Å². The number of rotatable bonds is 6. The molecule has 0 atom stereocenters. The summed E-state index contributed by atoms with van der Waals surface area (Å²) >= 11 is 0. The van der Waals surface area contributed by atoms with Crippen molar-refractivity contribution < 1.29 is 24.5 Å². The summed E-state index contributed by atoms with van der Waals surface area (Å²) in [6.07, 6.45) is 1.61. The Balaban J connectivity index is 0.000000244. The molecular formula is C63H61IrN5O-2. The summed E-state index contributed by atoms with van der Waals surface area (Å²) in [7, 11) is 0. The molecule has 0 saturated carbocycles. The SMILES string of the molecule is CC(C)(C)c1cc(-c2[c-]ccc(C(C)(C)C)n2)ncn1.CC(C)c1cc(-c2ccccc2)cc(C(C)C)c1-n1c(-c2[c-]ccc3c2oc2c4c(ccc23)-c2ccccc2C4(C)C)nc2ccccc21.[Ir]. The van der Waals surface area contributed by atoms with Crippen molar-refractivity contribution in [2.75, 3.05) is 0 Å². The Hall–Kier alpha value is -6.53. The third kappa shape index (κ3) is 8.52. The zero-order chi connectivity index (χ0) is 48.6. The van der Waals surface area contributed by atoms with Gasteiger partial charge in [0, 0.05) is 53.3 Å². The Kier molecular flexibility index (Phi) is 12.7. The summed E-state index contributed by atoms with van der Waals surface area (Å²) in [4.78, 5) is 18.8. The second-order valence-corrected chi connectivity index (χ2v) is 21.8. The van der Waals surface area contributed by atoms with E-state index in [0.717, 1.165) is 67.1 Å². The third-order valence-corrected chi connectivity index (χ3v) is 13.8. The van der Waals surface area contributed by atoms with Gasteiger partial charge in [-0.05, 0) is 97.5 Å². The zero-order valence-corrected chi connectivity index (χ0v) is 44.8. The van der Waals surface area contributed by atoms with Crippen LogP contribution in [0.5, 0.6) is 0 Å². The van der Waals surface area contributed by atoms with Gasteiger partial charge >= 0.3 is 0 Å². The maximum atomic E-state index is 7.08. The summed E-state index contributed by atoms with van der Waals surface area (Å²) in [5.74, 6) is 1.41. The molecular weight excluding hydrogens is 1030 g/mol. The molecule has 0 spiro atoms. The van der Waals surface area contributed by atoms with Crippen LogP contribution >= 0.6 is 0 Å². The number of benzene rings is 6. The van der Waals surface area contributed by atoms with E-state index in [9.17, 15) is 0 Å². The molecule has 4 aromatic heterocycles. The Bertz CT molecular complexity index is 3480. The van der Waals surface area contributed by atoms with E-state index < -0.39 is 0 Å². The molecule has 0 fully saturated rings. The van der Waals surface area contributed by atoms with Crippen molar-refractivity contribution in [1.82, 2.24) is 24.5 Å². The molecule has 4 heterocycles. The fraction of sp³-hybridized carbons (Fsp3) is 0.270. The van der Waals surface area contributed by atoms with E-state index >= 15 is 0 Å². The maximum Gasteiger partial charge on any atom is 0.125 e. The molecule has 6 nitrogen and oxygen atoms in total. The minimum Gasteiger partial charge on any atom is -0.500 e. The van der Waals surface area contributed by atoms with Crippen LogP contribution in [-0.4, -0.2) is 24.5 Å². The molecule has 0 N–H and O–H groups in total. The Labute approximate surface area is 427 Å². The van der Waals surface area contributed by atoms with Gasteiger partial charge in [-0.25, -0.2) is 4.98 Å². The van der Waals surface area contributed by atoms with E-state index in [0.29, 0.717) is 0 Å². The van der Waals surface area contributed by atoms with Crippen molar-refractivity contribution in [3.8, 4) is 50.7 Å². The van der Waals surface area contributed by atoms with Gasteiger partial charge in [0.1, 0.15) is 11.9 Å². The first-order chi connectivity index (χ1) is 32.9. The quantitative estimate of drug-likeness (QED) is 0.155. The van der Waals surface area contributed by atoms with Crippen molar-refractivity contribution in [3.63, 3.8) is 0 Å². The van der Waals surface area contributed by atoms with Crippen LogP contribution in [0.25, 0.3) is 83.7 Å². The molecule has 0 saturated heterocycles. The molecule has 6 aromatic carbocycles. The van der Waals surface area contributed by atoms with Gasteiger partial charge in [-0.2, -0.15) is 12.1 Å². The number of aromatic nitrogens is 5. The molecule has 10 aromatic rings. The summed E-state index contributed by atoms with van der Waals surface area (Å²) in [6, 6.07) is 54.2. The average molecular weight is 1100 g/mol. The first kappa shape index (κ1) is 48.5. The number of pyridine rings is 1. The molecule has 1 radical (unpaired) electrons. The molecule has 0 amide bonds. The molecule has 355 valence electrons. The zero-order valence-electron chi connectivity index (χ0n) is 42.4. The number of hydrogen-bond acceptors (Lipinski definition) is 5. The van der Waals surface area contributed by atoms with Gasteiger partial charge in [0.05, 0.1) is 22.4 Å². The Morgan fingerprint density at radius 1 is 0.600 bits per heavy atom. The van der Waals surface area contributed by atoms with Crippen LogP contribution < -0.4 is 0 Å². The van der Waals surface area contributed by atoms with E-state index in [-0.39, 0.29) is 48.2 Å². The van der Waals surface area contributed by atoms with Gasteiger partial charge in [0.25, 0.3) is 0 Å². The number of nitrogens with zero attached hydrogens (tertiary/aromatic N) is 5. The van der Waals surface area contributed by atoms with Crippen molar-refractivity contribution >= 4 is 33.0 Å². The van der Waals surface area contributed by atoms with Crippen LogP contribution in [0.2, 0.25) is 0 Å². The van der Waals surface area contributed by atoms with Crippen molar-refractivity contribution in [2.24, 2.45) is 0 Å². The molecule has 7 heteroatoms. The van der Waals surface area contributed by atoms with E-state index in [4.69, 9.17) is 14.4 Å². The largest absolute Gasteiger partial charge is 0.500 e. The predicted octanol–water partition coefficient (Wildman–Crippen LogP) is 16.5. The summed E-state index contributed by atoms with van der Waals surface area (Å²) in [5, 5.41) is 2.22. The fourth-order valence-electron chi connectivity index (χ4n) is 10.1. The fourth-order valence-corrected chi connectivity index (χ4v) is 10.1. The topological polar surface area (TPSA) is 69.6 Å². The van der Waals surface area contributed by atoms with Crippen molar-refractivity contribution in [1.29, 1.82) is 0 Å². The smallest absolute Gasteiger partial charge is 0.125 e. The Morgan fingerprint density at radius 3 is 1.94 bits per heavy atom. The second kappa shape index (κ2) is 18.3. The summed E-state index contributed by atoms with van der Waals surface area (Å²) < 4.78 is 9.47. The number of imidazole rings is 1. The van der Waals surface area contributed by atoms with Crippen LogP contribution in [0.3, 0.4) is 0 Å². The molecule has 70 heavy (non-hydrogen) atoms. The molecule has 1 aliphatic rings. The molecule has 11 rings (SSSR count). The normalized spacial score (nSPS) is 13.1. The number of furan rings is 1. The van der Waals surface area contributed by atoms with Crippen LogP contribution in [-0.2, 0) is 36.4 Å². The Morgan fingerprint density at radius 2 is 1.24 bits per heavy atom. The van der Waals surface area contributed by atoms with Crippen LogP contribution in [0.15, 0.2) is 144 Å². The summed E-state index contributed by atoms with van der Waals surface area (Å²) in [5.41, 5.74) is 19.6. The predicted molar refractivity (Wildman–Crippen MR) is 285 cm³/mol. The van der Waals surface area contributed by atoms with Crippen molar-refractivity contribution in [2.45, 2.75) is 111 Å². The molecule has 1 aliphatic carbocycles. The molecule has 0 aliphatic heterocycles. The average Bonchev–Trinajstić information content (AvgIpc) is 3.99. The number of fused-ring (bicyclic) bond motifs is 8. The third-order valence-electron chi connectivity index (χ3n) is 13.8. The van der Waals surface area contributed by atoms with Crippen molar-refractivity contribution in [3.05, 3.63) is 186 Å². The number of para-hydroxylation sites is 2. The second-order valence-electron chi connectivity index (χ2n) is 21.8. The van der Waals surface area contributed by atoms with Crippen LogP contribution in [0.1, 0.15) is 129 Å². The number of hydrogen-bond donors (Lipinski definition) is 0. The van der Waals surface area contributed by atoms with Gasteiger partial charge < -0.3 is 8.98 Å². The van der Waals surface area contributed by atoms with E-state index in [1.54, 1.807) is 6.33 Å². The van der Waals surface area contributed by atoms with Gasteiger partial charge in [0.15, 0.2) is 0 Å². The minimum atomic E-state index is -0.185. The minimum absolute atomic E-state index is 0. The van der Waals surface area contributed by atoms with E-state index in [1.165, 1.54) is 50.2 Å². The first-order valence-electron chi connectivity index (χ1n) is 24.4. The molecule has 0 bridgehead atoms. The first-order valence-corrected chi connectivity index (χ1v) is 24.4. The van der Waals surface area contributed by atoms with Gasteiger partial charge in [-0.15, -0.1) is 24.3 Å². The molecule has 0 unspecified atom stereocenters. The van der Waals surface area contributed by atoms with Gasteiger partial charge in [-0.3, -0.25) is 15.0 Å². The monoisotopic (exact) mass is 1100 g/mol. The summed E-state index contributed by atoms with van der Waals surface area (Å²) in [6.45, 7) is 26.7. The van der Waals surface area contributed by atoms with E-state index in [2.05, 4.69) is 219 Å². The van der Waals surface area contributed by atoms with Gasteiger partial charge in [0.2, 0.25) is 0 Å². The van der Waals surface area contributed by atoms with E-state index in [1.807, 2.05) is 24.3 Å². The maximum absolute atomic E-state index is 7.08. The standard InChI is InChI=1S/C46H39N2O.C17H22N3.Ir/c1-27(2)36-25-30(29-15-8-7-9-16-29)26-37(28(3)4)42(36)48-40-22-13-12-21-39(40)47-45(48)35-19-14-18-33-34-24-23-32-31-17-10-11-20-38(31)46(5,6)41(32)44(34)49-43(33)35;1-16(2,3)14-9-7-8-12(20-14)13-10-15(17(4,5)6)19-11-18-13;/h7-18,20-28H,1-6H3;7,9-11H,1-6H3;/q2*-1;. The van der Waals surface area contributed by atoms with Crippen LogP contribution in [0.4, 0.5) is 0 Å². The van der Waals surface area contributed by atoms with Gasteiger partial charge in [-0.1, -0.05) is 179 Å².